The van der Waals surface area contributed by atoms with Gasteiger partial charge in [0.1, 0.15) is 0 Å². The number of aliphatic imine (C=N–C) groups is 1. The number of guanidine groups is 1. The number of amides is 1. The molecule has 1 aromatic rings. The fourth-order valence-electron chi connectivity index (χ4n) is 4.12. The van der Waals surface area contributed by atoms with E-state index in [1.54, 1.807) is 0 Å². The van der Waals surface area contributed by atoms with Crippen molar-refractivity contribution in [2.75, 3.05) is 39.8 Å². The van der Waals surface area contributed by atoms with E-state index in [0.717, 1.165) is 51.4 Å². The number of nitrogens with zero attached hydrogens (tertiary/aromatic N) is 3. The lowest BCUT2D eigenvalue weighted by Crippen LogP contribution is -2.46. The van der Waals surface area contributed by atoms with Gasteiger partial charge in [0, 0.05) is 46.2 Å². The Morgan fingerprint density at radius 2 is 1.90 bits per heavy atom. The van der Waals surface area contributed by atoms with Crippen molar-refractivity contribution in [3.63, 3.8) is 0 Å². The minimum Gasteiger partial charge on any atom is -0.356 e. The summed E-state index contributed by atoms with van der Waals surface area (Å²) in [6, 6.07) is 10.5. The van der Waals surface area contributed by atoms with Gasteiger partial charge in [-0.2, -0.15) is 0 Å². The third-order valence-electron chi connectivity index (χ3n) is 5.72. The van der Waals surface area contributed by atoms with E-state index in [0.29, 0.717) is 18.9 Å². The average molecular weight is 510 g/mol. The van der Waals surface area contributed by atoms with Crippen molar-refractivity contribution in [1.29, 1.82) is 0 Å². The predicted octanol–water partition coefficient (Wildman–Crippen LogP) is 4.01. The first-order valence-electron chi connectivity index (χ1n) is 10.6. The molecule has 2 fully saturated rings. The molecule has 0 bridgehead atoms. The van der Waals surface area contributed by atoms with Gasteiger partial charge in [-0.3, -0.25) is 9.79 Å². The molecule has 29 heavy (non-hydrogen) atoms. The molecule has 2 saturated heterocycles. The Morgan fingerprint density at radius 3 is 2.55 bits per heavy atom. The number of likely N-dealkylation sites (tertiary alicyclic amines) is 2. The molecule has 1 atom stereocenters. The van der Waals surface area contributed by atoms with Crippen LogP contribution in [-0.4, -0.2) is 61.4 Å². The molecule has 1 amide bonds. The van der Waals surface area contributed by atoms with E-state index in [1.807, 2.05) is 11.9 Å². The second kappa shape index (κ2) is 12.2. The predicted molar refractivity (Wildman–Crippen MR) is 132 cm³/mol. The fraction of sp³-hybridized carbons (Fsp3) is 0.565. The summed E-state index contributed by atoms with van der Waals surface area (Å²) in [5, 5.41) is 3.39. The first-order valence-corrected chi connectivity index (χ1v) is 10.6. The van der Waals surface area contributed by atoms with Crippen LogP contribution in [0.1, 0.15) is 44.6 Å². The molecule has 2 aliphatic heterocycles. The summed E-state index contributed by atoms with van der Waals surface area (Å²) < 4.78 is 0. The van der Waals surface area contributed by atoms with E-state index in [-0.39, 0.29) is 29.9 Å². The molecule has 1 aromatic carbocycles. The zero-order chi connectivity index (χ0) is 19.8. The molecule has 0 saturated carbocycles. The summed E-state index contributed by atoms with van der Waals surface area (Å²) in [4.78, 5) is 21.2. The zero-order valence-electron chi connectivity index (χ0n) is 17.8. The highest BCUT2D eigenvalue weighted by Crippen LogP contribution is 2.19. The van der Waals surface area contributed by atoms with Gasteiger partial charge in [-0.25, -0.2) is 0 Å². The van der Waals surface area contributed by atoms with Crippen molar-refractivity contribution < 1.29 is 4.79 Å². The van der Waals surface area contributed by atoms with Gasteiger partial charge in [0.15, 0.2) is 5.96 Å². The zero-order valence-corrected chi connectivity index (χ0v) is 20.1. The molecule has 160 valence electrons. The van der Waals surface area contributed by atoms with Crippen LogP contribution in [-0.2, 0) is 4.79 Å². The Balaban J connectivity index is 0.00000300. The second-order valence-electron chi connectivity index (χ2n) is 8.01. The summed E-state index contributed by atoms with van der Waals surface area (Å²) >= 11 is 0. The first-order chi connectivity index (χ1) is 13.7. The minimum absolute atomic E-state index is 0. The van der Waals surface area contributed by atoms with Gasteiger partial charge in [0.2, 0.25) is 5.91 Å². The maximum atomic E-state index is 12.4. The van der Waals surface area contributed by atoms with E-state index < -0.39 is 0 Å². The molecular weight excluding hydrogens is 475 g/mol. The van der Waals surface area contributed by atoms with E-state index in [4.69, 9.17) is 0 Å². The quantitative estimate of drug-likeness (QED) is 0.379. The van der Waals surface area contributed by atoms with Crippen molar-refractivity contribution in [2.45, 2.75) is 39.0 Å². The number of carbonyl (C=O) groups is 1. The summed E-state index contributed by atoms with van der Waals surface area (Å²) in [5.74, 6) is 1.81. The summed E-state index contributed by atoms with van der Waals surface area (Å²) in [6.45, 7) is 6.65. The van der Waals surface area contributed by atoms with Crippen molar-refractivity contribution in [2.24, 2.45) is 10.9 Å². The van der Waals surface area contributed by atoms with Crippen molar-refractivity contribution in [3.05, 3.63) is 41.5 Å². The lowest BCUT2D eigenvalue weighted by Gasteiger charge is -2.32. The third-order valence-corrected chi connectivity index (χ3v) is 5.72. The number of piperidine rings is 2. The molecule has 0 aromatic heterocycles. The van der Waals surface area contributed by atoms with Crippen LogP contribution in [0.25, 0.3) is 6.08 Å². The van der Waals surface area contributed by atoms with Gasteiger partial charge in [-0.1, -0.05) is 48.9 Å². The van der Waals surface area contributed by atoms with Gasteiger partial charge >= 0.3 is 0 Å². The maximum Gasteiger partial charge on any atom is 0.224 e. The number of hydrogen-bond donors (Lipinski definition) is 1. The van der Waals surface area contributed by atoms with Crippen LogP contribution < -0.4 is 5.32 Å². The number of halogens is 1. The van der Waals surface area contributed by atoms with E-state index in [1.165, 1.54) is 17.6 Å². The lowest BCUT2D eigenvalue weighted by atomic mass is 10.00. The van der Waals surface area contributed by atoms with Crippen LogP contribution in [0.15, 0.2) is 40.9 Å². The van der Waals surface area contributed by atoms with Crippen LogP contribution >= 0.6 is 24.0 Å². The first kappa shape index (κ1) is 23.7. The second-order valence-corrected chi connectivity index (χ2v) is 8.01. The van der Waals surface area contributed by atoms with Crippen molar-refractivity contribution in [1.82, 2.24) is 15.1 Å². The Labute approximate surface area is 192 Å². The third kappa shape index (κ3) is 7.32. The number of nitrogens with one attached hydrogen (secondary N) is 1. The van der Waals surface area contributed by atoms with Crippen LogP contribution in [0, 0.1) is 5.92 Å². The number of carbonyl (C=O) groups excluding carboxylic acids is 1. The van der Waals surface area contributed by atoms with E-state index >= 15 is 0 Å². The molecule has 0 aliphatic carbocycles. The number of rotatable bonds is 4. The maximum absolute atomic E-state index is 12.4. The Morgan fingerprint density at radius 1 is 1.17 bits per heavy atom. The fourth-order valence-corrected chi connectivity index (χ4v) is 4.12. The molecule has 5 nitrogen and oxygen atoms in total. The normalized spacial score (nSPS) is 20.1. The molecule has 0 radical (unpaired) electrons. The van der Waals surface area contributed by atoms with Gasteiger partial charge < -0.3 is 15.1 Å². The van der Waals surface area contributed by atoms with Crippen LogP contribution in [0.3, 0.4) is 0 Å². The lowest BCUT2D eigenvalue weighted by molar-refractivity contribution is -0.132. The smallest absolute Gasteiger partial charge is 0.224 e. The van der Waals surface area contributed by atoms with Crippen molar-refractivity contribution >= 4 is 41.9 Å². The highest BCUT2D eigenvalue weighted by Gasteiger charge is 2.21. The summed E-state index contributed by atoms with van der Waals surface area (Å²) in [7, 11) is 1.83. The molecule has 2 aliphatic rings. The highest BCUT2D eigenvalue weighted by atomic mass is 127. The average Bonchev–Trinajstić information content (AvgIpc) is 2.73. The Kier molecular flexibility index (Phi) is 9.97. The van der Waals surface area contributed by atoms with Crippen LogP contribution in [0.5, 0.6) is 0 Å². The molecule has 3 rings (SSSR count). The van der Waals surface area contributed by atoms with Gasteiger partial charge in [-0.05, 0) is 37.2 Å². The largest absolute Gasteiger partial charge is 0.356 e. The summed E-state index contributed by atoms with van der Waals surface area (Å²) in [5.41, 5.74) is 2.77. The topological polar surface area (TPSA) is 47.9 Å². The minimum atomic E-state index is 0. The van der Waals surface area contributed by atoms with E-state index in [2.05, 4.69) is 58.5 Å². The molecule has 1 N–H and O–H groups in total. The Bertz CT molecular complexity index is 694. The van der Waals surface area contributed by atoms with Crippen molar-refractivity contribution in [3.8, 4) is 0 Å². The SMILES string of the molecule is CN=C(NCCC(=O)N1CCCC(C)C1)N1CCC(=Cc2ccccc2)CC1.I. The molecule has 6 heteroatoms. The van der Waals surface area contributed by atoms with Gasteiger partial charge in [0.25, 0.3) is 0 Å². The number of hydrogen-bond acceptors (Lipinski definition) is 2. The molecule has 1 unspecified atom stereocenters. The van der Waals surface area contributed by atoms with Crippen LogP contribution in [0.4, 0.5) is 0 Å². The summed E-state index contributed by atoms with van der Waals surface area (Å²) in [6.07, 6.45) is 7.34. The molecule has 0 spiro atoms. The monoisotopic (exact) mass is 510 g/mol. The van der Waals surface area contributed by atoms with Gasteiger partial charge in [-0.15, -0.1) is 24.0 Å². The van der Waals surface area contributed by atoms with E-state index in [9.17, 15) is 4.79 Å². The highest BCUT2D eigenvalue weighted by molar-refractivity contribution is 14.0. The van der Waals surface area contributed by atoms with Crippen LogP contribution in [0.2, 0.25) is 0 Å². The molecule has 2 heterocycles. The number of benzene rings is 1. The Hall–Kier alpha value is -1.57. The molecular formula is C23H35IN4O. The van der Waals surface area contributed by atoms with Gasteiger partial charge in [0.05, 0.1) is 0 Å². The standard InChI is InChI=1S/C23H34N4O.HI/c1-19-7-6-14-27(18-19)22(28)10-13-25-23(24-2)26-15-11-21(12-16-26)17-20-8-4-3-5-9-20;/h3-5,8-9,17,19H,6-7,10-16,18H2,1-2H3,(H,24,25);1H.